The number of ether oxygens (including phenoxy) is 1. The molecule has 2 aliphatic heterocycles. The average Bonchev–Trinajstić information content (AvgIpc) is 3.11. The largest absolute Gasteiger partial charge is 0.448 e. The predicted octanol–water partition coefficient (Wildman–Crippen LogP) is 2.70. The number of amides is 2. The summed E-state index contributed by atoms with van der Waals surface area (Å²) in [5.41, 5.74) is 0. The van der Waals surface area contributed by atoms with Crippen molar-refractivity contribution >= 4 is 12.0 Å². The van der Waals surface area contributed by atoms with Gasteiger partial charge in [0, 0.05) is 13.0 Å². The van der Waals surface area contributed by atoms with Gasteiger partial charge in [-0.25, -0.2) is 4.79 Å². The third kappa shape index (κ3) is 17.1. The van der Waals surface area contributed by atoms with Crippen molar-refractivity contribution in [1.29, 1.82) is 0 Å². The highest BCUT2D eigenvalue weighted by Gasteiger charge is 2.06. The van der Waals surface area contributed by atoms with Crippen molar-refractivity contribution < 1.29 is 14.3 Å². The topological polar surface area (TPSA) is 67.4 Å². The van der Waals surface area contributed by atoms with Crippen LogP contribution >= 0.6 is 0 Å². The number of alkyl carbamates (subject to hydrolysis) is 1. The van der Waals surface area contributed by atoms with Crippen LogP contribution in [-0.2, 0) is 9.53 Å². The van der Waals surface area contributed by atoms with Gasteiger partial charge in [-0.15, -0.1) is 0 Å². The van der Waals surface area contributed by atoms with Crippen molar-refractivity contribution in [1.82, 2.24) is 10.6 Å². The Labute approximate surface area is 112 Å². The van der Waals surface area contributed by atoms with E-state index in [9.17, 15) is 9.59 Å². The fourth-order valence-electron chi connectivity index (χ4n) is 0.913. The lowest BCUT2D eigenvalue weighted by atomic mass is 10.4. The van der Waals surface area contributed by atoms with E-state index in [-0.39, 0.29) is 12.0 Å². The van der Waals surface area contributed by atoms with Crippen molar-refractivity contribution in [2.75, 3.05) is 19.7 Å². The van der Waals surface area contributed by atoms with E-state index in [0.29, 0.717) is 13.2 Å². The van der Waals surface area contributed by atoms with Gasteiger partial charge in [0.05, 0.1) is 6.54 Å². The highest BCUT2D eigenvalue weighted by atomic mass is 16.6. The zero-order valence-corrected chi connectivity index (χ0v) is 12.8. The van der Waals surface area contributed by atoms with Crippen LogP contribution in [0.2, 0.25) is 0 Å². The SMILES string of the molecule is CC.CC.CC.O=C1CCCN1.O=C1NCCO1. The Balaban J connectivity index is -0.000000178. The van der Waals surface area contributed by atoms with Crippen LogP contribution in [0.3, 0.4) is 0 Å². The highest BCUT2D eigenvalue weighted by Crippen LogP contribution is 1.93. The molecule has 0 aromatic carbocycles. The molecule has 18 heavy (non-hydrogen) atoms. The Hall–Kier alpha value is -1.26. The molecule has 110 valence electrons. The normalized spacial score (nSPS) is 14.6. The van der Waals surface area contributed by atoms with Crippen LogP contribution in [0.25, 0.3) is 0 Å². The van der Waals surface area contributed by atoms with E-state index in [1.54, 1.807) is 0 Å². The van der Waals surface area contributed by atoms with E-state index in [1.807, 2.05) is 41.5 Å². The molecule has 2 heterocycles. The molecule has 0 bridgehead atoms. The van der Waals surface area contributed by atoms with Crippen LogP contribution < -0.4 is 10.6 Å². The second-order valence-corrected chi connectivity index (χ2v) is 2.52. The van der Waals surface area contributed by atoms with Crippen LogP contribution in [0.5, 0.6) is 0 Å². The first kappa shape index (κ1) is 22.0. The molecule has 0 spiro atoms. The summed E-state index contributed by atoms with van der Waals surface area (Å²) in [6.45, 7) is 14.1. The maximum absolute atomic E-state index is 10.1. The Morgan fingerprint density at radius 2 is 1.44 bits per heavy atom. The quantitative estimate of drug-likeness (QED) is 0.705. The molecule has 0 atom stereocenters. The van der Waals surface area contributed by atoms with Gasteiger partial charge in [0.25, 0.3) is 0 Å². The van der Waals surface area contributed by atoms with Crippen molar-refractivity contribution in [2.45, 2.75) is 54.4 Å². The monoisotopic (exact) mass is 262 g/mol. The number of carbonyl (C=O) groups is 2. The summed E-state index contributed by atoms with van der Waals surface area (Å²) in [6, 6.07) is 0. The maximum Gasteiger partial charge on any atom is 0.407 e. The van der Waals surface area contributed by atoms with Crippen LogP contribution in [0, 0.1) is 0 Å². The summed E-state index contributed by atoms with van der Waals surface area (Å²) in [6.07, 6.45) is 1.47. The van der Waals surface area contributed by atoms with E-state index in [1.165, 1.54) is 0 Å². The van der Waals surface area contributed by atoms with Crippen molar-refractivity contribution in [3.63, 3.8) is 0 Å². The lowest BCUT2D eigenvalue weighted by Gasteiger charge is -1.80. The van der Waals surface area contributed by atoms with Gasteiger partial charge in [0.2, 0.25) is 5.91 Å². The number of carbonyl (C=O) groups excluding carboxylic acids is 2. The van der Waals surface area contributed by atoms with Crippen molar-refractivity contribution in [3.05, 3.63) is 0 Å². The summed E-state index contributed by atoms with van der Waals surface area (Å²) >= 11 is 0. The van der Waals surface area contributed by atoms with Gasteiger partial charge in [0.1, 0.15) is 6.61 Å². The van der Waals surface area contributed by atoms with Gasteiger partial charge in [-0.1, -0.05) is 41.5 Å². The maximum atomic E-state index is 10.1. The van der Waals surface area contributed by atoms with Crippen molar-refractivity contribution in [2.24, 2.45) is 0 Å². The van der Waals surface area contributed by atoms with E-state index < -0.39 is 0 Å². The summed E-state index contributed by atoms with van der Waals surface area (Å²) in [7, 11) is 0. The standard InChI is InChI=1S/C4H7NO.C3H5NO2.3C2H6/c6-4-2-1-3-5-4;5-3-4-1-2-6-3;3*1-2/h1-3H2,(H,5,6);1-2H2,(H,4,5);3*1-2H3. The molecule has 2 amide bonds. The second kappa shape index (κ2) is 21.1. The van der Waals surface area contributed by atoms with Crippen molar-refractivity contribution in [3.8, 4) is 0 Å². The fourth-order valence-corrected chi connectivity index (χ4v) is 0.913. The molecule has 0 radical (unpaired) electrons. The number of hydrogen-bond donors (Lipinski definition) is 2. The molecule has 0 saturated carbocycles. The lowest BCUT2D eigenvalue weighted by Crippen LogP contribution is -2.12. The second-order valence-electron chi connectivity index (χ2n) is 2.52. The third-order valence-corrected chi connectivity index (χ3v) is 1.51. The molecule has 2 saturated heterocycles. The van der Waals surface area contributed by atoms with Crippen LogP contribution in [-0.4, -0.2) is 31.7 Å². The van der Waals surface area contributed by atoms with Gasteiger partial charge < -0.3 is 15.4 Å². The molecule has 0 aromatic heterocycles. The number of rotatable bonds is 0. The van der Waals surface area contributed by atoms with E-state index in [0.717, 1.165) is 19.4 Å². The third-order valence-electron chi connectivity index (χ3n) is 1.51. The summed E-state index contributed by atoms with van der Waals surface area (Å²) in [5, 5.41) is 5.14. The molecule has 0 unspecified atom stereocenters. The average molecular weight is 262 g/mol. The highest BCUT2D eigenvalue weighted by molar-refractivity contribution is 5.77. The smallest absolute Gasteiger partial charge is 0.407 e. The molecule has 5 nitrogen and oxygen atoms in total. The molecule has 2 aliphatic rings. The minimum atomic E-state index is -0.296. The lowest BCUT2D eigenvalue weighted by molar-refractivity contribution is -0.119. The Morgan fingerprint density at radius 1 is 0.889 bits per heavy atom. The molecule has 2 N–H and O–H groups in total. The Bertz CT molecular complexity index is 149. The van der Waals surface area contributed by atoms with Crippen LogP contribution in [0.4, 0.5) is 4.79 Å². The molecule has 2 rings (SSSR count). The fraction of sp³-hybridized carbons (Fsp3) is 0.846. The van der Waals surface area contributed by atoms with E-state index >= 15 is 0 Å². The van der Waals surface area contributed by atoms with Gasteiger partial charge >= 0.3 is 6.09 Å². The van der Waals surface area contributed by atoms with Crippen LogP contribution in [0.1, 0.15) is 54.4 Å². The minimum Gasteiger partial charge on any atom is -0.448 e. The number of hydrogen-bond acceptors (Lipinski definition) is 3. The molecule has 0 aromatic rings. The Kier molecular flexibility index (Phi) is 25.7. The Morgan fingerprint density at radius 3 is 1.56 bits per heavy atom. The van der Waals surface area contributed by atoms with E-state index in [2.05, 4.69) is 15.4 Å². The number of cyclic esters (lactones) is 1. The van der Waals surface area contributed by atoms with Gasteiger partial charge in [-0.2, -0.15) is 0 Å². The summed E-state index contributed by atoms with van der Waals surface area (Å²) in [5.74, 6) is 0.204. The first-order chi connectivity index (χ1) is 8.79. The van der Waals surface area contributed by atoms with E-state index in [4.69, 9.17) is 0 Å². The molecular formula is C13H30N2O3. The zero-order valence-electron chi connectivity index (χ0n) is 12.8. The zero-order chi connectivity index (χ0) is 14.8. The van der Waals surface area contributed by atoms with Gasteiger partial charge in [0.15, 0.2) is 0 Å². The summed E-state index contributed by atoms with van der Waals surface area (Å²) in [4.78, 5) is 20.0. The van der Waals surface area contributed by atoms with Gasteiger partial charge in [-0.05, 0) is 6.42 Å². The number of nitrogens with one attached hydrogen (secondary N) is 2. The first-order valence-corrected chi connectivity index (χ1v) is 6.96. The molecule has 0 aliphatic carbocycles. The van der Waals surface area contributed by atoms with Gasteiger partial charge in [-0.3, -0.25) is 4.79 Å². The summed E-state index contributed by atoms with van der Waals surface area (Å²) < 4.78 is 4.40. The predicted molar refractivity (Wildman–Crippen MR) is 75.6 cm³/mol. The minimum absolute atomic E-state index is 0.204. The molecular weight excluding hydrogens is 232 g/mol. The first-order valence-electron chi connectivity index (χ1n) is 6.96. The molecule has 5 heteroatoms. The molecule has 2 fully saturated rings. The van der Waals surface area contributed by atoms with Crippen LogP contribution in [0.15, 0.2) is 0 Å².